The number of nitrogens with one attached hydrogen (secondary N) is 1. The van der Waals surface area contributed by atoms with Crippen molar-refractivity contribution in [1.29, 1.82) is 0 Å². The summed E-state index contributed by atoms with van der Waals surface area (Å²) in [6.45, 7) is 2.07. The largest absolute Gasteiger partial charge is 0.494 e. The van der Waals surface area contributed by atoms with Crippen LogP contribution in [0.5, 0.6) is 5.75 Å². The van der Waals surface area contributed by atoms with Gasteiger partial charge in [0, 0.05) is 23.2 Å². The molecule has 4 heteroatoms. The molecule has 3 nitrogen and oxygen atoms in total. The fourth-order valence-electron chi connectivity index (χ4n) is 1.97. The molecule has 0 aliphatic heterocycles. The van der Waals surface area contributed by atoms with Crippen LogP contribution >= 0.6 is 0 Å². The Morgan fingerprint density at radius 2 is 2.17 bits per heavy atom. The van der Waals surface area contributed by atoms with Gasteiger partial charge < -0.3 is 9.72 Å². The number of H-pyrrole nitrogens is 1. The van der Waals surface area contributed by atoms with Crippen LogP contribution in [-0.2, 0) is 6.42 Å². The molecule has 1 N–H and O–H groups in total. The van der Waals surface area contributed by atoms with Crippen molar-refractivity contribution in [2.45, 2.75) is 26.2 Å². The van der Waals surface area contributed by atoms with Crippen molar-refractivity contribution < 1.29 is 9.13 Å². The first kappa shape index (κ1) is 12.6. The van der Waals surface area contributed by atoms with Crippen LogP contribution < -0.4 is 10.2 Å². The van der Waals surface area contributed by atoms with Gasteiger partial charge in [-0.1, -0.05) is 13.3 Å². The van der Waals surface area contributed by atoms with Crippen molar-refractivity contribution in [2.24, 2.45) is 0 Å². The summed E-state index contributed by atoms with van der Waals surface area (Å²) in [5.41, 5.74) is 1.20. The van der Waals surface area contributed by atoms with Crippen molar-refractivity contribution in [3.8, 4) is 5.75 Å². The van der Waals surface area contributed by atoms with E-state index in [4.69, 9.17) is 4.74 Å². The predicted molar refractivity (Wildman–Crippen MR) is 69.7 cm³/mol. The zero-order chi connectivity index (χ0) is 13.1. The minimum atomic E-state index is -0.511. The molecule has 18 heavy (non-hydrogen) atoms. The van der Waals surface area contributed by atoms with Crippen LogP contribution in [-0.4, -0.2) is 12.1 Å². The molecule has 0 aliphatic rings. The molecule has 0 unspecified atom stereocenters. The number of benzene rings is 1. The molecule has 0 atom stereocenters. The van der Waals surface area contributed by atoms with Gasteiger partial charge in [0.05, 0.1) is 12.6 Å². The Morgan fingerprint density at radius 1 is 1.39 bits per heavy atom. The lowest BCUT2D eigenvalue weighted by Crippen LogP contribution is -2.10. The summed E-state index contributed by atoms with van der Waals surface area (Å²) in [5.74, 6) is -0.373. The molecule has 0 spiro atoms. The second-order valence-corrected chi connectivity index (χ2v) is 4.28. The molecule has 0 fully saturated rings. The second-order valence-electron chi connectivity index (χ2n) is 4.28. The Balaban J connectivity index is 2.57. The first-order chi connectivity index (χ1) is 8.67. The Morgan fingerprint density at radius 3 is 2.83 bits per heavy atom. The standard InChI is InChI=1S/C14H16FNO2/c1-3-4-5-9-8-16-12-7-13(18-2)11(15)6-10(12)14(9)17/h6-8H,3-5H2,1-2H3,(H,16,17). The molecule has 2 rings (SSSR count). The van der Waals surface area contributed by atoms with Gasteiger partial charge >= 0.3 is 0 Å². The monoisotopic (exact) mass is 249 g/mol. The van der Waals surface area contributed by atoms with E-state index in [0.29, 0.717) is 16.5 Å². The number of hydrogen-bond acceptors (Lipinski definition) is 2. The minimum Gasteiger partial charge on any atom is -0.494 e. The predicted octanol–water partition coefficient (Wildman–Crippen LogP) is 3.02. The zero-order valence-corrected chi connectivity index (χ0v) is 10.5. The third-order valence-electron chi connectivity index (χ3n) is 3.03. The molecule has 1 aromatic heterocycles. The Hall–Kier alpha value is -1.84. The van der Waals surface area contributed by atoms with Crippen LogP contribution in [0, 0.1) is 5.82 Å². The maximum atomic E-state index is 13.6. The Labute approximate surface area is 105 Å². The second kappa shape index (κ2) is 5.21. The van der Waals surface area contributed by atoms with Crippen LogP contribution in [0.3, 0.4) is 0 Å². The first-order valence-electron chi connectivity index (χ1n) is 6.05. The van der Waals surface area contributed by atoms with E-state index in [1.165, 1.54) is 19.2 Å². The number of unbranched alkanes of at least 4 members (excludes halogenated alkanes) is 1. The molecule has 2 aromatic rings. The molecule has 0 aliphatic carbocycles. The van der Waals surface area contributed by atoms with Gasteiger partial charge in [-0.05, 0) is 18.9 Å². The van der Waals surface area contributed by atoms with E-state index in [2.05, 4.69) is 11.9 Å². The number of fused-ring (bicyclic) bond motifs is 1. The van der Waals surface area contributed by atoms with Crippen LogP contribution in [0.2, 0.25) is 0 Å². The van der Waals surface area contributed by atoms with E-state index in [9.17, 15) is 9.18 Å². The van der Waals surface area contributed by atoms with Crippen LogP contribution in [0.15, 0.2) is 23.1 Å². The highest BCUT2D eigenvalue weighted by molar-refractivity contribution is 5.80. The number of aromatic amines is 1. The molecule has 1 heterocycles. The first-order valence-corrected chi connectivity index (χ1v) is 6.05. The summed E-state index contributed by atoms with van der Waals surface area (Å²) in [6, 6.07) is 2.75. The zero-order valence-electron chi connectivity index (χ0n) is 10.5. The number of hydrogen-bond donors (Lipinski definition) is 1. The number of aryl methyl sites for hydroxylation is 1. The van der Waals surface area contributed by atoms with Crippen LogP contribution in [0.4, 0.5) is 4.39 Å². The number of ether oxygens (including phenoxy) is 1. The van der Waals surface area contributed by atoms with Crippen molar-refractivity contribution in [2.75, 3.05) is 7.11 Å². The molecular weight excluding hydrogens is 233 g/mol. The van der Waals surface area contributed by atoms with Crippen molar-refractivity contribution in [3.63, 3.8) is 0 Å². The fourth-order valence-corrected chi connectivity index (χ4v) is 1.97. The van der Waals surface area contributed by atoms with Crippen LogP contribution in [0.1, 0.15) is 25.3 Å². The van der Waals surface area contributed by atoms with Gasteiger partial charge in [-0.2, -0.15) is 0 Å². The minimum absolute atomic E-state index is 0.0984. The highest BCUT2D eigenvalue weighted by Crippen LogP contribution is 2.21. The molecule has 0 amide bonds. The van der Waals surface area contributed by atoms with E-state index in [-0.39, 0.29) is 11.2 Å². The molecule has 0 radical (unpaired) electrons. The number of pyridine rings is 1. The van der Waals surface area contributed by atoms with E-state index >= 15 is 0 Å². The summed E-state index contributed by atoms with van der Waals surface area (Å²) in [7, 11) is 1.40. The van der Waals surface area contributed by atoms with Gasteiger partial charge in [-0.15, -0.1) is 0 Å². The molecule has 0 bridgehead atoms. The summed E-state index contributed by atoms with van der Waals surface area (Å²) in [5, 5.41) is 0.377. The topological polar surface area (TPSA) is 42.1 Å². The third kappa shape index (κ3) is 2.23. The quantitative estimate of drug-likeness (QED) is 0.905. The fraction of sp³-hybridized carbons (Fsp3) is 0.357. The van der Waals surface area contributed by atoms with Gasteiger partial charge in [0.25, 0.3) is 0 Å². The lowest BCUT2D eigenvalue weighted by atomic mass is 10.1. The smallest absolute Gasteiger partial charge is 0.192 e. The van der Waals surface area contributed by atoms with E-state index in [1.54, 1.807) is 6.20 Å². The third-order valence-corrected chi connectivity index (χ3v) is 3.03. The molecule has 0 saturated carbocycles. The Bertz CT molecular complexity index is 619. The van der Waals surface area contributed by atoms with E-state index in [0.717, 1.165) is 19.3 Å². The summed E-state index contributed by atoms with van der Waals surface area (Å²) in [6.07, 6.45) is 4.40. The van der Waals surface area contributed by atoms with E-state index < -0.39 is 5.82 Å². The maximum Gasteiger partial charge on any atom is 0.192 e. The highest BCUT2D eigenvalue weighted by Gasteiger charge is 2.10. The van der Waals surface area contributed by atoms with Gasteiger partial charge in [0.1, 0.15) is 0 Å². The van der Waals surface area contributed by atoms with Crippen molar-refractivity contribution >= 4 is 10.9 Å². The number of halogens is 1. The summed E-state index contributed by atoms with van der Waals surface area (Å²) in [4.78, 5) is 15.2. The average Bonchev–Trinajstić information content (AvgIpc) is 2.38. The lowest BCUT2D eigenvalue weighted by Gasteiger charge is -2.06. The molecule has 0 saturated heterocycles. The number of aromatic nitrogens is 1. The van der Waals surface area contributed by atoms with Crippen molar-refractivity contribution in [3.05, 3.63) is 39.9 Å². The highest BCUT2D eigenvalue weighted by atomic mass is 19.1. The van der Waals surface area contributed by atoms with Gasteiger partial charge in [-0.3, -0.25) is 4.79 Å². The van der Waals surface area contributed by atoms with Gasteiger partial charge in [0.15, 0.2) is 17.0 Å². The molecule has 96 valence electrons. The maximum absolute atomic E-state index is 13.6. The van der Waals surface area contributed by atoms with Crippen LogP contribution in [0.25, 0.3) is 10.9 Å². The summed E-state index contributed by atoms with van der Waals surface area (Å²) >= 11 is 0. The molecule has 1 aromatic carbocycles. The lowest BCUT2D eigenvalue weighted by molar-refractivity contribution is 0.387. The number of methoxy groups -OCH3 is 1. The van der Waals surface area contributed by atoms with E-state index in [1.807, 2.05) is 0 Å². The van der Waals surface area contributed by atoms with Crippen molar-refractivity contribution in [1.82, 2.24) is 4.98 Å². The number of rotatable bonds is 4. The Kier molecular flexibility index (Phi) is 3.65. The molecular formula is C14H16FNO2. The SMILES string of the molecule is CCCCc1c[nH]c2cc(OC)c(F)cc2c1=O. The van der Waals surface area contributed by atoms with Gasteiger partial charge in [-0.25, -0.2) is 4.39 Å². The average molecular weight is 249 g/mol. The normalized spacial score (nSPS) is 10.8. The van der Waals surface area contributed by atoms with Gasteiger partial charge in [0.2, 0.25) is 0 Å². The summed E-state index contributed by atoms with van der Waals surface area (Å²) < 4.78 is 18.5.